The van der Waals surface area contributed by atoms with Gasteiger partial charge in [0.2, 0.25) is 0 Å². The van der Waals surface area contributed by atoms with Gasteiger partial charge in [-0.15, -0.1) is 0 Å². The minimum Gasteiger partial charge on any atom is -0.398 e. The number of halogens is 5. The van der Waals surface area contributed by atoms with Crippen molar-refractivity contribution < 1.29 is 22.0 Å². The Balaban J connectivity index is 2.31. The summed E-state index contributed by atoms with van der Waals surface area (Å²) in [5, 5.41) is 0. The number of nitrogens with zero attached hydrogens (tertiary/aromatic N) is 1. The Hall–Kier alpha value is -1.53. The molecule has 0 amide bonds. The third kappa shape index (κ3) is 2.49. The van der Waals surface area contributed by atoms with Crippen LogP contribution in [-0.4, -0.2) is 19.0 Å². The number of benzene rings is 1. The van der Waals surface area contributed by atoms with E-state index in [0.29, 0.717) is 0 Å². The number of nitrogens with two attached hydrogens (primary N) is 1. The highest BCUT2D eigenvalue weighted by atomic mass is 19.4. The van der Waals surface area contributed by atoms with Crippen LogP contribution in [0.5, 0.6) is 0 Å². The molecule has 0 radical (unpaired) electrons. The molecule has 2 nitrogen and oxygen atoms in total. The lowest BCUT2D eigenvalue weighted by atomic mass is 10.1. The van der Waals surface area contributed by atoms with Gasteiger partial charge in [-0.3, -0.25) is 0 Å². The van der Waals surface area contributed by atoms with Crippen molar-refractivity contribution in [1.29, 1.82) is 0 Å². The lowest BCUT2D eigenvalue weighted by Gasteiger charge is -2.20. The van der Waals surface area contributed by atoms with Gasteiger partial charge in [-0.2, -0.15) is 13.2 Å². The zero-order chi connectivity index (χ0) is 13.6. The van der Waals surface area contributed by atoms with Crippen LogP contribution in [0.25, 0.3) is 0 Å². The van der Waals surface area contributed by atoms with E-state index >= 15 is 0 Å². The van der Waals surface area contributed by atoms with Gasteiger partial charge in [-0.25, -0.2) is 8.78 Å². The van der Waals surface area contributed by atoms with E-state index in [0.717, 1.165) is 12.1 Å². The first-order chi connectivity index (χ1) is 8.19. The summed E-state index contributed by atoms with van der Waals surface area (Å²) in [6.45, 7) is -0.525. The molecular weight excluding hydrogens is 255 g/mol. The molecule has 7 heteroatoms. The molecular formula is C11H11F5N2. The minimum absolute atomic E-state index is 0.0359. The maximum atomic E-state index is 13.0. The first kappa shape index (κ1) is 12.9. The number of nitrogen functional groups attached to an aromatic ring is 1. The molecule has 0 unspecified atom stereocenters. The van der Waals surface area contributed by atoms with Crippen molar-refractivity contribution in [1.82, 2.24) is 0 Å². The first-order valence-corrected chi connectivity index (χ1v) is 5.28. The monoisotopic (exact) mass is 266 g/mol. The van der Waals surface area contributed by atoms with Gasteiger partial charge >= 0.3 is 6.18 Å². The van der Waals surface area contributed by atoms with Crippen molar-refractivity contribution in [3.8, 4) is 0 Å². The highest BCUT2D eigenvalue weighted by molar-refractivity contribution is 5.60. The van der Waals surface area contributed by atoms with Gasteiger partial charge in [-0.05, 0) is 18.2 Å². The zero-order valence-corrected chi connectivity index (χ0v) is 9.27. The van der Waals surface area contributed by atoms with E-state index < -0.39 is 29.9 Å². The van der Waals surface area contributed by atoms with Crippen LogP contribution in [0, 0.1) is 0 Å². The van der Waals surface area contributed by atoms with Crippen LogP contribution in [0.3, 0.4) is 0 Å². The van der Waals surface area contributed by atoms with Crippen LogP contribution < -0.4 is 10.6 Å². The number of hydrogen-bond acceptors (Lipinski definition) is 2. The van der Waals surface area contributed by atoms with E-state index in [4.69, 9.17) is 5.73 Å². The van der Waals surface area contributed by atoms with Gasteiger partial charge < -0.3 is 10.6 Å². The predicted molar refractivity (Wildman–Crippen MR) is 57.6 cm³/mol. The Bertz CT molecular complexity index is 455. The van der Waals surface area contributed by atoms with E-state index in [-0.39, 0.29) is 18.7 Å². The molecule has 1 aliphatic rings. The molecule has 1 aliphatic heterocycles. The highest BCUT2D eigenvalue weighted by Crippen LogP contribution is 2.38. The number of alkyl halides is 5. The fourth-order valence-electron chi connectivity index (χ4n) is 1.94. The van der Waals surface area contributed by atoms with Gasteiger partial charge in [-0.1, -0.05) is 0 Å². The first-order valence-electron chi connectivity index (χ1n) is 5.28. The zero-order valence-electron chi connectivity index (χ0n) is 9.27. The second-order valence-corrected chi connectivity index (χ2v) is 4.30. The van der Waals surface area contributed by atoms with Crippen molar-refractivity contribution in [3.63, 3.8) is 0 Å². The predicted octanol–water partition coefficient (Wildman–Crippen LogP) is 3.13. The molecule has 2 rings (SSSR count). The van der Waals surface area contributed by atoms with Crippen LogP contribution in [0.15, 0.2) is 18.2 Å². The number of anilines is 2. The molecule has 1 saturated heterocycles. The molecule has 1 aromatic rings. The van der Waals surface area contributed by atoms with Crippen molar-refractivity contribution in [3.05, 3.63) is 23.8 Å². The summed E-state index contributed by atoms with van der Waals surface area (Å²) in [5.74, 6) is -2.85. The molecule has 2 N–H and O–H groups in total. The number of rotatable bonds is 1. The maximum absolute atomic E-state index is 13.0. The normalized spacial score (nSPS) is 19.3. The molecule has 0 aliphatic carbocycles. The molecule has 0 aromatic heterocycles. The third-order valence-electron chi connectivity index (χ3n) is 2.88. The van der Waals surface area contributed by atoms with Gasteiger partial charge in [0.1, 0.15) is 0 Å². The Labute approximate surface area is 100 Å². The lowest BCUT2D eigenvalue weighted by Crippen LogP contribution is -2.25. The summed E-state index contributed by atoms with van der Waals surface area (Å²) in [6, 6.07) is 3.23. The van der Waals surface area contributed by atoms with Crippen LogP contribution in [0.1, 0.15) is 12.0 Å². The average Bonchev–Trinajstić information content (AvgIpc) is 2.58. The topological polar surface area (TPSA) is 29.3 Å². The van der Waals surface area contributed by atoms with Crippen molar-refractivity contribution in [2.24, 2.45) is 0 Å². The molecule has 1 fully saturated rings. The van der Waals surface area contributed by atoms with Gasteiger partial charge in [0.15, 0.2) is 0 Å². The van der Waals surface area contributed by atoms with Crippen molar-refractivity contribution in [2.45, 2.75) is 18.5 Å². The summed E-state index contributed by atoms with van der Waals surface area (Å²) in [4.78, 5) is 1.23. The lowest BCUT2D eigenvalue weighted by molar-refractivity contribution is -0.136. The van der Waals surface area contributed by atoms with Gasteiger partial charge in [0.05, 0.1) is 12.1 Å². The van der Waals surface area contributed by atoms with E-state index in [1.807, 2.05) is 0 Å². The second kappa shape index (κ2) is 4.00. The van der Waals surface area contributed by atoms with Crippen molar-refractivity contribution in [2.75, 3.05) is 23.7 Å². The molecule has 0 spiro atoms. The summed E-state index contributed by atoms with van der Waals surface area (Å²) in [6.07, 6.45) is -4.93. The SMILES string of the molecule is Nc1ccc(N2CCC(F)(F)C2)cc1C(F)(F)F. The van der Waals surface area contributed by atoms with E-state index in [1.165, 1.54) is 11.0 Å². The van der Waals surface area contributed by atoms with Crippen molar-refractivity contribution >= 4 is 11.4 Å². The van der Waals surface area contributed by atoms with E-state index in [2.05, 4.69) is 0 Å². The molecule has 0 atom stereocenters. The molecule has 100 valence electrons. The summed E-state index contributed by atoms with van der Waals surface area (Å²) in [5.41, 5.74) is 3.96. The summed E-state index contributed by atoms with van der Waals surface area (Å²) < 4.78 is 63.9. The quantitative estimate of drug-likeness (QED) is 0.625. The molecule has 1 heterocycles. The summed E-state index contributed by atoms with van der Waals surface area (Å²) >= 11 is 0. The standard InChI is InChI=1S/C11H11F5N2/c12-10(13)3-4-18(6-10)7-1-2-9(17)8(5-7)11(14,15)16/h1-2,5H,3-4,6,17H2. The third-order valence-corrected chi connectivity index (χ3v) is 2.88. The highest BCUT2D eigenvalue weighted by Gasteiger charge is 2.39. The maximum Gasteiger partial charge on any atom is 0.418 e. The molecule has 18 heavy (non-hydrogen) atoms. The van der Waals surface area contributed by atoms with Crippen LogP contribution in [0.4, 0.5) is 33.3 Å². The fraction of sp³-hybridized carbons (Fsp3) is 0.455. The molecule has 0 saturated carbocycles. The Morgan fingerprint density at radius 1 is 1.22 bits per heavy atom. The molecule has 0 bridgehead atoms. The van der Waals surface area contributed by atoms with Crippen LogP contribution >= 0.6 is 0 Å². The van der Waals surface area contributed by atoms with E-state index in [9.17, 15) is 22.0 Å². The Morgan fingerprint density at radius 3 is 2.39 bits per heavy atom. The average molecular weight is 266 g/mol. The smallest absolute Gasteiger partial charge is 0.398 e. The van der Waals surface area contributed by atoms with E-state index in [1.54, 1.807) is 0 Å². The second-order valence-electron chi connectivity index (χ2n) is 4.30. The minimum atomic E-state index is -4.58. The summed E-state index contributed by atoms with van der Waals surface area (Å²) in [7, 11) is 0. The van der Waals surface area contributed by atoms with Gasteiger partial charge in [0, 0.05) is 24.3 Å². The fourth-order valence-corrected chi connectivity index (χ4v) is 1.94. The Kier molecular flexibility index (Phi) is 2.87. The number of hydrogen-bond donors (Lipinski definition) is 1. The largest absolute Gasteiger partial charge is 0.418 e. The van der Waals surface area contributed by atoms with Crippen LogP contribution in [-0.2, 0) is 6.18 Å². The Morgan fingerprint density at radius 2 is 1.89 bits per heavy atom. The molecule has 1 aromatic carbocycles. The van der Waals surface area contributed by atoms with Gasteiger partial charge in [0.25, 0.3) is 5.92 Å². The van der Waals surface area contributed by atoms with Crippen LogP contribution in [0.2, 0.25) is 0 Å².